The number of hydrogen-bond acceptors (Lipinski definition) is 4. The summed E-state index contributed by atoms with van der Waals surface area (Å²) in [6.07, 6.45) is 1.98. The van der Waals surface area contributed by atoms with Gasteiger partial charge in [-0.25, -0.2) is 4.98 Å². The number of nitrogens with one attached hydrogen (secondary N) is 1. The van der Waals surface area contributed by atoms with Gasteiger partial charge >= 0.3 is 0 Å². The van der Waals surface area contributed by atoms with Crippen molar-refractivity contribution in [3.63, 3.8) is 0 Å². The fourth-order valence-corrected chi connectivity index (χ4v) is 2.95. The summed E-state index contributed by atoms with van der Waals surface area (Å²) >= 11 is 1.59. The Balaban J connectivity index is 1.79. The average molecular weight is 268 g/mol. The molecule has 18 heavy (non-hydrogen) atoms. The number of rotatable bonds is 4. The summed E-state index contributed by atoms with van der Waals surface area (Å²) in [5.41, 5.74) is 1.02. The predicted molar refractivity (Wildman–Crippen MR) is 71.4 cm³/mol. The third-order valence-corrected chi connectivity index (χ3v) is 4.43. The van der Waals surface area contributed by atoms with Crippen LogP contribution in [0.4, 0.5) is 0 Å². The van der Waals surface area contributed by atoms with Gasteiger partial charge in [0, 0.05) is 30.2 Å². The largest absolute Gasteiger partial charge is 0.381 e. The molecule has 2 rings (SSSR count). The van der Waals surface area contributed by atoms with Crippen LogP contribution in [-0.2, 0) is 16.1 Å². The number of aromatic nitrogens is 1. The Kier molecular flexibility index (Phi) is 4.72. The molecule has 1 atom stereocenters. The molecule has 1 saturated heterocycles. The second-order valence-corrected chi connectivity index (χ2v) is 5.78. The lowest BCUT2D eigenvalue weighted by Crippen LogP contribution is -2.35. The van der Waals surface area contributed by atoms with Crippen LogP contribution in [0.25, 0.3) is 0 Å². The predicted octanol–water partition coefficient (Wildman–Crippen LogP) is 2.13. The first kappa shape index (κ1) is 13.5. The molecule has 1 aromatic rings. The first-order chi connectivity index (χ1) is 8.66. The molecule has 0 aromatic carbocycles. The van der Waals surface area contributed by atoms with Crippen molar-refractivity contribution in [2.75, 3.05) is 13.2 Å². The van der Waals surface area contributed by atoms with Crippen LogP contribution in [0.15, 0.2) is 5.38 Å². The molecule has 1 aromatic heterocycles. The standard InChI is InChI=1S/C13H20N2O2S/c1-9-8-18-12(15-9)7-14-13(16)10(2)11-3-5-17-6-4-11/h8,10-11H,3-7H2,1-2H3,(H,14,16). The normalized spacial score (nSPS) is 18.6. The maximum atomic E-state index is 12.0. The van der Waals surface area contributed by atoms with Gasteiger partial charge in [-0.15, -0.1) is 11.3 Å². The van der Waals surface area contributed by atoms with Crippen molar-refractivity contribution in [2.24, 2.45) is 11.8 Å². The van der Waals surface area contributed by atoms with Gasteiger partial charge in [-0.3, -0.25) is 4.79 Å². The fraction of sp³-hybridized carbons (Fsp3) is 0.692. The van der Waals surface area contributed by atoms with Crippen molar-refractivity contribution < 1.29 is 9.53 Å². The van der Waals surface area contributed by atoms with Gasteiger partial charge in [0.1, 0.15) is 5.01 Å². The zero-order chi connectivity index (χ0) is 13.0. The van der Waals surface area contributed by atoms with E-state index >= 15 is 0 Å². The summed E-state index contributed by atoms with van der Waals surface area (Å²) < 4.78 is 5.32. The second kappa shape index (κ2) is 6.29. The molecule has 1 N–H and O–H groups in total. The number of amides is 1. The van der Waals surface area contributed by atoms with Gasteiger partial charge in [0.15, 0.2) is 0 Å². The lowest BCUT2D eigenvalue weighted by molar-refractivity contribution is -0.127. The molecule has 0 saturated carbocycles. The van der Waals surface area contributed by atoms with E-state index in [4.69, 9.17) is 4.74 Å². The van der Waals surface area contributed by atoms with Gasteiger partial charge in [0.05, 0.1) is 6.54 Å². The van der Waals surface area contributed by atoms with Crippen molar-refractivity contribution in [3.05, 3.63) is 16.1 Å². The Morgan fingerprint density at radius 2 is 2.33 bits per heavy atom. The topological polar surface area (TPSA) is 51.2 Å². The molecular weight excluding hydrogens is 248 g/mol. The minimum absolute atomic E-state index is 0.0648. The maximum Gasteiger partial charge on any atom is 0.223 e. The SMILES string of the molecule is Cc1csc(CNC(=O)C(C)C2CCOCC2)n1. The van der Waals surface area contributed by atoms with E-state index in [2.05, 4.69) is 10.3 Å². The van der Waals surface area contributed by atoms with E-state index < -0.39 is 0 Å². The van der Waals surface area contributed by atoms with Crippen LogP contribution in [0.3, 0.4) is 0 Å². The number of nitrogens with zero attached hydrogens (tertiary/aromatic N) is 1. The van der Waals surface area contributed by atoms with Gasteiger partial charge < -0.3 is 10.1 Å². The van der Waals surface area contributed by atoms with Gasteiger partial charge in [0.25, 0.3) is 0 Å². The fourth-order valence-electron chi connectivity index (χ4n) is 2.24. The molecule has 5 heteroatoms. The summed E-state index contributed by atoms with van der Waals surface area (Å²) in [4.78, 5) is 16.4. The van der Waals surface area contributed by atoms with Crippen LogP contribution in [0.5, 0.6) is 0 Å². The zero-order valence-corrected chi connectivity index (χ0v) is 11.8. The number of hydrogen-bond donors (Lipinski definition) is 1. The van der Waals surface area contributed by atoms with Crippen LogP contribution >= 0.6 is 11.3 Å². The smallest absolute Gasteiger partial charge is 0.223 e. The Bertz CT molecular complexity index is 399. The van der Waals surface area contributed by atoms with E-state index in [1.165, 1.54) is 0 Å². The number of aryl methyl sites for hydroxylation is 1. The average Bonchev–Trinajstić information content (AvgIpc) is 2.82. The van der Waals surface area contributed by atoms with Crippen molar-refractivity contribution in [3.8, 4) is 0 Å². The second-order valence-electron chi connectivity index (χ2n) is 4.84. The Morgan fingerprint density at radius 1 is 1.61 bits per heavy atom. The third-order valence-electron chi connectivity index (χ3n) is 3.47. The van der Waals surface area contributed by atoms with E-state index in [-0.39, 0.29) is 11.8 Å². The van der Waals surface area contributed by atoms with Gasteiger partial charge in [0.2, 0.25) is 5.91 Å². The Labute approximate surface area is 112 Å². The van der Waals surface area contributed by atoms with Gasteiger partial charge in [-0.05, 0) is 25.7 Å². The number of ether oxygens (including phenoxy) is 1. The monoisotopic (exact) mass is 268 g/mol. The molecule has 100 valence electrons. The lowest BCUT2D eigenvalue weighted by atomic mass is 9.87. The van der Waals surface area contributed by atoms with Crippen molar-refractivity contribution >= 4 is 17.2 Å². The van der Waals surface area contributed by atoms with Crippen LogP contribution < -0.4 is 5.32 Å². The molecule has 1 aliphatic heterocycles. The van der Waals surface area contributed by atoms with E-state index in [1.54, 1.807) is 11.3 Å². The molecule has 2 heterocycles. The summed E-state index contributed by atoms with van der Waals surface area (Å²) in [5.74, 6) is 0.654. The minimum Gasteiger partial charge on any atom is -0.381 e. The van der Waals surface area contributed by atoms with Gasteiger partial charge in [-0.1, -0.05) is 6.92 Å². The van der Waals surface area contributed by atoms with Gasteiger partial charge in [-0.2, -0.15) is 0 Å². The molecule has 1 aliphatic rings. The summed E-state index contributed by atoms with van der Waals surface area (Å²) in [5, 5.41) is 5.95. The van der Waals surface area contributed by atoms with E-state index in [9.17, 15) is 4.79 Å². The minimum atomic E-state index is 0.0648. The quantitative estimate of drug-likeness (QED) is 0.910. The van der Waals surface area contributed by atoms with E-state index in [1.807, 2.05) is 19.2 Å². The van der Waals surface area contributed by atoms with Crippen LogP contribution in [0.2, 0.25) is 0 Å². The summed E-state index contributed by atoms with van der Waals surface area (Å²) in [7, 11) is 0. The van der Waals surface area contributed by atoms with Crippen LogP contribution in [0.1, 0.15) is 30.5 Å². The molecule has 1 fully saturated rings. The highest BCUT2D eigenvalue weighted by Gasteiger charge is 2.25. The molecule has 4 nitrogen and oxygen atoms in total. The number of carbonyl (C=O) groups excluding carboxylic acids is 1. The molecule has 0 spiro atoms. The zero-order valence-electron chi connectivity index (χ0n) is 10.9. The molecule has 1 amide bonds. The number of thiazole rings is 1. The Morgan fingerprint density at radius 3 is 2.94 bits per heavy atom. The first-order valence-electron chi connectivity index (χ1n) is 6.43. The molecule has 0 radical (unpaired) electrons. The molecule has 1 unspecified atom stereocenters. The molecule has 0 bridgehead atoms. The van der Waals surface area contributed by atoms with Crippen molar-refractivity contribution in [1.82, 2.24) is 10.3 Å². The number of carbonyl (C=O) groups is 1. The molecule has 0 aliphatic carbocycles. The highest BCUT2D eigenvalue weighted by Crippen LogP contribution is 2.23. The lowest BCUT2D eigenvalue weighted by Gasteiger charge is -2.26. The van der Waals surface area contributed by atoms with Crippen LogP contribution in [-0.4, -0.2) is 24.1 Å². The van der Waals surface area contributed by atoms with E-state index in [0.717, 1.165) is 36.8 Å². The Hall–Kier alpha value is -0.940. The van der Waals surface area contributed by atoms with Crippen molar-refractivity contribution in [2.45, 2.75) is 33.2 Å². The highest BCUT2D eigenvalue weighted by atomic mass is 32.1. The first-order valence-corrected chi connectivity index (χ1v) is 7.31. The van der Waals surface area contributed by atoms with E-state index in [0.29, 0.717) is 12.5 Å². The third kappa shape index (κ3) is 3.53. The molecular formula is C13H20N2O2S. The van der Waals surface area contributed by atoms with Crippen molar-refractivity contribution in [1.29, 1.82) is 0 Å². The highest BCUT2D eigenvalue weighted by molar-refractivity contribution is 7.09. The summed E-state index contributed by atoms with van der Waals surface area (Å²) in [6.45, 7) is 6.09. The van der Waals surface area contributed by atoms with Crippen LogP contribution in [0, 0.1) is 18.8 Å². The summed E-state index contributed by atoms with van der Waals surface area (Å²) in [6, 6.07) is 0. The maximum absolute atomic E-state index is 12.0.